The van der Waals surface area contributed by atoms with Gasteiger partial charge in [0.25, 0.3) is 0 Å². The van der Waals surface area contributed by atoms with E-state index in [4.69, 9.17) is 16.3 Å². The van der Waals surface area contributed by atoms with Gasteiger partial charge in [0.2, 0.25) is 5.95 Å². The lowest BCUT2D eigenvalue weighted by molar-refractivity contribution is -0.142. The average Bonchev–Trinajstić information content (AvgIpc) is 2.79. The number of hydrogen-bond acceptors (Lipinski definition) is 6. The van der Waals surface area contributed by atoms with Crippen molar-refractivity contribution in [2.75, 3.05) is 29.3 Å². The van der Waals surface area contributed by atoms with Gasteiger partial charge in [-0.1, -0.05) is 11.6 Å². The van der Waals surface area contributed by atoms with Gasteiger partial charge in [-0.3, -0.25) is 14.6 Å². The Morgan fingerprint density at radius 3 is 2.66 bits per heavy atom. The third-order valence-corrected chi connectivity index (χ3v) is 6.30. The van der Waals surface area contributed by atoms with Crippen LogP contribution in [0.2, 0.25) is 5.02 Å². The predicted molar refractivity (Wildman–Crippen MR) is 117 cm³/mol. The summed E-state index contributed by atoms with van der Waals surface area (Å²) in [6, 6.07) is 2.11. The van der Waals surface area contributed by atoms with Crippen molar-refractivity contribution in [3.8, 4) is 5.75 Å². The van der Waals surface area contributed by atoms with Crippen molar-refractivity contribution in [2.45, 2.75) is 38.3 Å². The normalized spacial score (nSPS) is 20.7. The van der Waals surface area contributed by atoms with Crippen molar-refractivity contribution in [1.29, 1.82) is 0 Å². The van der Waals surface area contributed by atoms with Crippen LogP contribution in [0.15, 0.2) is 18.3 Å². The molecule has 2 aromatic rings. The molecule has 2 aliphatic rings. The van der Waals surface area contributed by atoms with E-state index in [-0.39, 0.29) is 29.0 Å². The van der Waals surface area contributed by atoms with Gasteiger partial charge in [-0.25, -0.2) is 14.2 Å². The van der Waals surface area contributed by atoms with Gasteiger partial charge >= 0.3 is 12.0 Å². The molecule has 0 spiro atoms. The number of rotatable bonds is 5. The number of anilines is 3. The molecule has 1 aromatic heterocycles. The summed E-state index contributed by atoms with van der Waals surface area (Å²) in [5.41, 5.74) is 0.547. The number of halogens is 2. The molecule has 0 radical (unpaired) electrons. The van der Waals surface area contributed by atoms with E-state index in [0.29, 0.717) is 43.0 Å². The molecule has 4 rings (SSSR count). The molecule has 0 saturated heterocycles. The zero-order valence-corrected chi connectivity index (χ0v) is 18.4. The number of carboxylic acid groups (broad SMARTS) is 1. The van der Waals surface area contributed by atoms with Crippen molar-refractivity contribution in [1.82, 2.24) is 9.97 Å². The van der Waals surface area contributed by atoms with Crippen molar-refractivity contribution in [3.63, 3.8) is 0 Å². The van der Waals surface area contributed by atoms with Crippen molar-refractivity contribution in [3.05, 3.63) is 34.7 Å². The number of aromatic nitrogens is 2. The lowest BCUT2D eigenvalue weighted by atomic mass is 9.85. The Morgan fingerprint density at radius 1 is 1.31 bits per heavy atom. The Bertz CT molecular complexity index is 1060. The molecule has 0 atom stereocenters. The summed E-state index contributed by atoms with van der Waals surface area (Å²) in [7, 11) is 3.01. The van der Waals surface area contributed by atoms with Crippen LogP contribution < -0.4 is 19.9 Å². The van der Waals surface area contributed by atoms with Gasteiger partial charge < -0.3 is 15.2 Å². The number of hydrogen-bond donors (Lipinski definition) is 2. The number of carbonyl (C=O) groups excluding carboxylic acids is 1. The highest BCUT2D eigenvalue weighted by atomic mass is 35.5. The molecule has 2 heterocycles. The van der Waals surface area contributed by atoms with Crippen LogP contribution in [0.3, 0.4) is 0 Å². The monoisotopic (exact) mass is 463 g/mol. The molecule has 1 aliphatic heterocycles. The van der Waals surface area contributed by atoms with E-state index in [0.717, 1.165) is 0 Å². The summed E-state index contributed by atoms with van der Waals surface area (Å²) in [6.45, 7) is 0.0307. The predicted octanol–water partition coefficient (Wildman–Crippen LogP) is 3.91. The Hall–Kier alpha value is -3.14. The van der Waals surface area contributed by atoms with Gasteiger partial charge in [-0.05, 0) is 37.8 Å². The third-order valence-electron chi connectivity index (χ3n) is 5.99. The summed E-state index contributed by atoms with van der Waals surface area (Å²) < 4.78 is 20.2. The number of nitrogens with zero attached hydrogens (tertiary/aromatic N) is 4. The van der Waals surface area contributed by atoms with Crippen LogP contribution in [0, 0.1) is 11.7 Å². The van der Waals surface area contributed by atoms with Crippen LogP contribution in [-0.4, -0.2) is 47.3 Å². The van der Waals surface area contributed by atoms with Crippen LogP contribution in [0.4, 0.5) is 26.6 Å². The Morgan fingerprint density at radius 2 is 2.03 bits per heavy atom. The Labute approximate surface area is 189 Å². The van der Waals surface area contributed by atoms with E-state index < -0.39 is 23.7 Å². The molecule has 1 aromatic carbocycles. The summed E-state index contributed by atoms with van der Waals surface area (Å²) >= 11 is 6.30. The number of methoxy groups -OCH3 is 1. The maximum atomic E-state index is 15.2. The Kier molecular flexibility index (Phi) is 6.05. The molecule has 2 amide bonds. The lowest BCUT2D eigenvalue weighted by Gasteiger charge is -2.42. The van der Waals surface area contributed by atoms with Crippen molar-refractivity contribution >= 4 is 41.1 Å². The minimum atomic E-state index is -0.833. The molecule has 32 heavy (non-hydrogen) atoms. The van der Waals surface area contributed by atoms with Gasteiger partial charge in [0.1, 0.15) is 11.5 Å². The van der Waals surface area contributed by atoms with Gasteiger partial charge in [0.05, 0.1) is 24.6 Å². The fourth-order valence-electron chi connectivity index (χ4n) is 4.31. The van der Waals surface area contributed by atoms with Crippen LogP contribution in [0.5, 0.6) is 5.75 Å². The number of urea groups is 1. The Balaban J connectivity index is 1.77. The van der Waals surface area contributed by atoms with Gasteiger partial charge in [0.15, 0.2) is 11.6 Å². The summed E-state index contributed by atoms with van der Waals surface area (Å²) in [6.07, 6.45) is 3.45. The fourth-order valence-corrected chi connectivity index (χ4v) is 4.56. The van der Waals surface area contributed by atoms with Gasteiger partial charge in [-0.2, -0.15) is 4.98 Å². The maximum absolute atomic E-state index is 15.2. The van der Waals surface area contributed by atoms with E-state index in [9.17, 15) is 14.7 Å². The smallest absolute Gasteiger partial charge is 0.330 e. The highest BCUT2D eigenvalue weighted by molar-refractivity contribution is 6.34. The van der Waals surface area contributed by atoms with Crippen molar-refractivity contribution < 1.29 is 23.8 Å². The molecule has 1 aliphatic carbocycles. The molecule has 170 valence electrons. The number of carboxylic acids is 1. The van der Waals surface area contributed by atoms with Crippen LogP contribution in [0.1, 0.15) is 31.2 Å². The van der Waals surface area contributed by atoms with Crippen LogP contribution in [0.25, 0.3) is 0 Å². The highest BCUT2D eigenvalue weighted by Gasteiger charge is 2.41. The molecule has 0 bridgehead atoms. The number of amides is 2. The second-order valence-corrected chi connectivity index (χ2v) is 8.19. The maximum Gasteiger partial charge on any atom is 0.330 e. The first-order chi connectivity index (χ1) is 15.3. The topological polar surface area (TPSA) is 108 Å². The number of nitrogens with one attached hydrogen (secondary N) is 1. The van der Waals surface area contributed by atoms with E-state index in [2.05, 4.69) is 15.3 Å². The molecule has 0 unspecified atom stereocenters. The first-order valence-corrected chi connectivity index (χ1v) is 10.6. The third kappa shape index (κ3) is 3.79. The van der Waals surface area contributed by atoms with E-state index in [1.807, 2.05) is 0 Å². The molecule has 9 nitrogen and oxygen atoms in total. The molecular weight excluding hydrogens is 441 g/mol. The first-order valence-electron chi connectivity index (χ1n) is 10.2. The molecule has 1 fully saturated rings. The molecular formula is C21H23ClFN5O4. The van der Waals surface area contributed by atoms with Crippen LogP contribution in [-0.2, 0) is 11.3 Å². The first kappa shape index (κ1) is 22.1. The minimum absolute atomic E-state index is 0.0294. The van der Waals surface area contributed by atoms with E-state index >= 15 is 4.39 Å². The SMILES string of the molecule is CNc1ncc2c(n1)N(C1CCC(C(=O)O)CC1)C(=O)N(c1c(Cl)ccc(OC)c1F)C2. The highest BCUT2D eigenvalue weighted by Crippen LogP contribution is 2.41. The number of fused-ring (bicyclic) bond motifs is 1. The summed E-state index contributed by atoms with van der Waals surface area (Å²) in [4.78, 5) is 36.6. The zero-order chi connectivity index (χ0) is 23.0. The van der Waals surface area contributed by atoms with E-state index in [1.165, 1.54) is 29.0 Å². The number of carbonyl (C=O) groups is 2. The average molecular weight is 464 g/mol. The molecule has 2 N–H and O–H groups in total. The molecule has 11 heteroatoms. The fraction of sp³-hybridized carbons (Fsp3) is 0.429. The van der Waals surface area contributed by atoms with Gasteiger partial charge in [0, 0.05) is 24.8 Å². The standard InChI is InChI=1S/C21H23ClFN5O4/c1-24-20-25-9-12-10-27(17-14(22)7-8-15(32-2)16(17)23)21(31)28(18(12)26-20)13-5-3-11(4-6-13)19(29)30/h7-9,11,13H,3-6,10H2,1-2H3,(H,29,30)(H,24,25,26). The largest absolute Gasteiger partial charge is 0.494 e. The number of aliphatic carboxylic acids is 1. The lowest BCUT2D eigenvalue weighted by Crippen LogP contribution is -2.53. The molecule has 1 saturated carbocycles. The van der Waals surface area contributed by atoms with Crippen molar-refractivity contribution in [2.24, 2.45) is 5.92 Å². The second-order valence-electron chi connectivity index (χ2n) is 7.79. The number of ether oxygens (including phenoxy) is 1. The van der Waals surface area contributed by atoms with E-state index in [1.54, 1.807) is 13.2 Å². The second kappa shape index (κ2) is 8.78. The quantitative estimate of drug-likeness (QED) is 0.692. The van der Waals surface area contributed by atoms with Crippen LogP contribution >= 0.6 is 11.6 Å². The summed E-state index contributed by atoms with van der Waals surface area (Å²) in [5.74, 6) is -1.26. The minimum Gasteiger partial charge on any atom is -0.494 e. The number of benzene rings is 1. The summed E-state index contributed by atoms with van der Waals surface area (Å²) in [5, 5.41) is 12.3. The zero-order valence-electron chi connectivity index (χ0n) is 17.6. The van der Waals surface area contributed by atoms with Gasteiger partial charge in [-0.15, -0.1) is 0 Å².